The van der Waals surface area contributed by atoms with Crippen LogP contribution in [-0.4, -0.2) is 11.7 Å². The highest BCUT2D eigenvalue weighted by Gasteiger charge is 2.33. The smallest absolute Gasteiger partial charge is 0.119 e. The third-order valence-electron chi connectivity index (χ3n) is 3.99. The molecule has 16 heavy (non-hydrogen) atoms. The molecule has 1 unspecified atom stereocenters. The number of aryl methyl sites for hydroxylation is 1. The molecule has 1 aliphatic heterocycles. The minimum absolute atomic E-state index is 0.0899. The molecule has 1 atom stereocenters. The van der Waals surface area contributed by atoms with Crippen molar-refractivity contribution in [3.05, 3.63) is 28.3 Å². The maximum Gasteiger partial charge on any atom is 0.119 e. The van der Waals surface area contributed by atoms with Gasteiger partial charge in [0, 0.05) is 5.54 Å². The fourth-order valence-corrected chi connectivity index (χ4v) is 3.02. The highest BCUT2D eigenvalue weighted by Crippen LogP contribution is 2.38. The number of phenolic OH excluding ortho intramolecular Hbond substituents is 1. The lowest BCUT2D eigenvalue weighted by Crippen LogP contribution is -2.34. The van der Waals surface area contributed by atoms with E-state index in [2.05, 4.69) is 26.1 Å². The van der Waals surface area contributed by atoms with E-state index in [0.29, 0.717) is 5.75 Å². The van der Waals surface area contributed by atoms with Gasteiger partial charge in [0.25, 0.3) is 0 Å². The van der Waals surface area contributed by atoms with Crippen LogP contribution in [0.1, 0.15) is 42.0 Å². The van der Waals surface area contributed by atoms with Crippen molar-refractivity contribution in [2.75, 3.05) is 6.54 Å². The molecule has 0 radical (unpaired) electrons. The molecule has 0 aliphatic carbocycles. The number of benzene rings is 1. The van der Waals surface area contributed by atoms with Crippen LogP contribution in [0.4, 0.5) is 0 Å². The van der Waals surface area contributed by atoms with Crippen LogP contribution in [-0.2, 0) is 5.54 Å². The van der Waals surface area contributed by atoms with Crippen molar-refractivity contribution in [1.82, 2.24) is 5.32 Å². The van der Waals surface area contributed by atoms with E-state index in [0.717, 1.165) is 12.1 Å². The zero-order valence-electron chi connectivity index (χ0n) is 10.6. The average molecular weight is 219 g/mol. The fraction of sp³-hybridized carbons (Fsp3) is 0.571. The summed E-state index contributed by atoms with van der Waals surface area (Å²) < 4.78 is 0. The summed E-state index contributed by atoms with van der Waals surface area (Å²) >= 11 is 0. The quantitative estimate of drug-likeness (QED) is 0.761. The Labute approximate surface area is 97.7 Å². The van der Waals surface area contributed by atoms with Gasteiger partial charge in [0.05, 0.1) is 0 Å². The molecule has 88 valence electrons. The Hall–Kier alpha value is -1.02. The summed E-state index contributed by atoms with van der Waals surface area (Å²) in [6, 6.07) is 1.89. The average Bonchev–Trinajstić information content (AvgIpc) is 2.62. The highest BCUT2D eigenvalue weighted by atomic mass is 16.3. The third-order valence-corrected chi connectivity index (χ3v) is 3.99. The Balaban J connectivity index is 2.60. The highest BCUT2D eigenvalue weighted by molar-refractivity contribution is 5.50. The lowest BCUT2D eigenvalue weighted by molar-refractivity contribution is 0.425. The largest absolute Gasteiger partial charge is 0.508 e. The van der Waals surface area contributed by atoms with E-state index in [9.17, 15) is 5.11 Å². The van der Waals surface area contributed by atoms with Crippen LogP contribution < -0.4 is 5.32 Å². The number of hydrogen-bond donors (Lipinski definition) is 2. The molecule has 0 aromatic heterocycles. The molecule has 1 fully saturated rings. The second-order valence-electron chi connectivity index (χ2n) is 5.20. The molecule has 2 nitrogen and oxygen atoms in total. The maximum absolute atomic E-state index is 9.81. The van der Waals surface area contributed by atoms with Gasteiger partial charge in [0.15, 0.2) is 0 Å². The molecule has 1 aliphatic rings. The Morgan fingerprint density at radius 3 is 2.50 bits per heavy atom. The zero-order chi connectivity index (χ0) is 11.9. The second-order valence-corrected chi connectivity index (χ2v) is 5.20. The number of rotatable bonds is 1. The van der Waals surface area contributed by atoms with Crippen molar-refractivity contribution >= 4 is 0 Å². The molecule has 0 amide bonds. The van der Waals surface area contributed by atoms with E-state index >= 15 is 0 Å². The molecule has 2 N–H and O–H groups in total. The molecule has 2 rings (SSSR count). The Morgan fingerprint density at radius 2 is 1.94 bits per heavy atom. The standard InChI is InChI=1S/C14H21NO/c1-9-8-12(16)10(2)11(3)13(9)14(4)6-5-7-15-14/h8,15-16H,5-7H2,1-4H3. The van der Waals surface area contributed by atoms with Crippen LogP contribution in [0.5, 0.6) is 5.75 Å². The van der Waals surface area contributed by atoms with Gasteiger partial charge in [0.2, 0.25) is 0 Å². The van der Waals surface area contributed by atoms with E-state index in [1.807, 2.05) is 13.0 Å². The van der Waals surface area contributed by atoms with Gasteiger partial charge in [-0.05, 0) is 75.4 Å². The number of nitrogens with one attached hydrogen (secondary N) is 1. The van der Waals surface area contributed by atoms with Crippen molar-refractivity contribution in [3.63, 3.8) is 0 Å². The maximum atomic E-state index is 9.81. The third kappa shape index (κ3) is 1.61. The zero-order valence-corrected chi connectivity index (χ0v) is 10.6. The van der Waals surface area contributed by atoms with Crippen molar-refractivity contribution in [3.8, 4) is 5.75 Å². The van der Waals surface area contributed by atoms with E-state index < -0.39 is 0 Å². The SMILES string of the molecule is Cc1cc(O)c(C)c(C)c1C1(C)CCCN1. The molecule has 1 aromatic carbocycles. The predicted octanol–water partition coefficient (Wildman–Crippen LogP) is 2.92. The molecule has 0 spiro atoms. The first-order valence-corrected chi connectivity index (χ1v) is 6.01. The molecule has 2 heteroatoms. The Kier molecular flexibility index (Phi) is 2.70. The molecule has 0 bridgehead atoms. The van der Waals surface area contributed by atoms with Crippen LogP contribution in [0.25, 0.3) is 0 Å². The molecule has 0 saturated carbocycles. The van der Waals surface area contributed by atoms with E-state index in [-0.39, 0.29) is 5.54 Å². The van der Waals surface area contributed by atoms with E-state index in [1.54, 1.807) is 0 Å². The lowest BCUT2D eigenvalue weighted by atomic mass is 9.82. The fourth-order valence-electron chi connectivity index (χ4n) is 3.02. The predicted molar refractivity (Wildman–Crippen MR) is 66.9 cm³/mol. The van der Waals surface area contributed by atoms with Gasteiger partial charge in [-0.3, -0.25) is 0 Å². The van der Waals surface area contributed by atoms with Crippen LogP contribution in [0.3, 0.4) is 0 Å². The number of aromatic hydroxyl groups is 1. The van der Waals surface area contributed by atoms with Crippen LogP contribution >= 0.6 is 0 Å². The van der Waals surface area contributed by atoms with Gasteiger partial charge < -0.3 is 10.4 Å². The van der Waals surface area contributed by atoms with E-state index in [4.69, 9.17) is 0 Å². The Morgan fingerprint density at radius 1 is 1.25 bits per heavy atom. The second kappa shape index (κ2) is 3.77. The first-order chi connectivity index (χ1) is 7.46. The minimum atomic E-state index is 0.0899. The summed E-state index contributed by atoms with van der Waals surface area (Å²) in [5.41, 5.74) is 4.90. The molecular weight excluding hydrogens is 198 g/mol. The number of phenols is 1. The van der Waals surface area contributed by atoms with Crippen molar-refractivity contribution in [2.45, 2.75) is 46.1 Å². The first kappa shape index (κ1) is 11.5. The van der Waals surface area contributed by atoms with Crippen LogP contribution in [0.2, 0.25) is 0 Å². The number of hydrogen-bond acceptors (Lipinski definition) is 2. The molecule has 1 saturated heterocycles. The summed E-state index contributed by atoms with van der Waals surface area (Å²) in [6.45, 7) is 9.56. The summed E-state index contributed by atoms with van der Waals surface area (Å²) in [7, 11) is 0. The molecule has 1 aromatic rings. The van der Waals surface area contributed by atoms with Gasteiger partial charge in [0.1, 0.15) is 5.75 Å². The van der Waals surface area contributed by atoms with Crippen molar-refractivity contribution < 1.29 is 5.11 Å². The van der Waals surface area contributed by atoms with Crippen molar-refractivity contribution in [1.29, 1.82) is 0 Å². The molecule has 1 heterocycles. The summed E-state index contributed by atoms with van der Waals surface area (Å²) in [4.78, 5) is 0. The molecular formula is C14H21NO. The monoisotopic (exact) mass is 219 g/mol. The van der Waals surface area contributed by atoms with Gasteiger partial charge in [-0.15, -0.1) is 0 Å². The topological polar surface area (TPSA) is 32.3 Å². The summed E-state index contributed by atoms with van der Waals surface area (Å²) in [5, 5.41) is 13.4. The first-order valence-electron chi connectivity index (χ1n) is 6.01. The van der Waals surface area contributed by atoms with Gasteiger partial charge in [-0.1, -0.05) is 0 Å². The van der Waals surface area contributed by atoms with Gasteiger partial charge in [-0.25, -0.2) is 0 Å². The normalized spacial score (nSPS) is 25.0. The summed E-state index contributed by atoms with van der Waals surface area (Å²) in [6.07, 6.45) is 2.41. The lowest BCUT2D eigenvalue weighted by Gasteiger charge is -2.30. The van der Waals surface area contributed by atoms with Crippen LogP contribution in [0.15, 0.2) is 6.07 Å². The van der Waals surface area contributed by atoms with E-state index in [1.165, 1.54) is 29.5 Å². The minimum Gasteiger partial charge on any atom is -0.508 e. The van der Waals surface area contributed by atoms with Gasteiger partial charge >= 0.3 is 0 Å². The summed E-state index contributed by atoms with van der Waals surface area (Å²) in [5.74, 6) is 0.417. The van der Waals surface area contributed by atoms with Gasteiger partial charge in [-0.2, -0.15) is 0 Å². The van der Waals surface area contributed by atoms with Crippen LogP contribution in [0, 0.1) is 20.8 Å². The van der Waals surface area contributed by atoms with Crippen molar-refractivity contribution in [2.24, 2.45) is 0 Å². The Bertz CT molecular complexity index is 417.